The van der Waals surface area contributed by atoms with E-state index in [0.717, 1.165) is 22.3 Å². The fourth-order valence-electron chi connectivity index (χ4n) is 3.33. The maximum absolute atomic E-state index is 11.6. The van der Waals surface area contributed by atoms with Crippen LogP contribution in [-0.2, 0) is 16.1 Å². The first kappa shape index (κ1) is 23.3. The van der Waals surface area contributed by atoms with E-state index in [1.807, 2.05) is 66.7 Å². The van der Waals surface area contributed by atoms with Gasteiger partial charge in [-0.15, -0.1) is 0 Å². The number of para-hydroxylation sites is 1. The molecular formula is C25H24ClN5O3. The monoisotopic (exact) mass is 477 g/mol. The van der Waals surface area contributed by atoms with Crippen LogP contribution in [0.5, 0.6) is 5.75 Å². The van der Waals surface area contributed by atoms with Gasteiger partial charge < -0.3 is 25.4 Å². The van der Waals surface area contributed by atoms with Gasteiger partial charge in [0, 0.05) is 35.4 Å². The molecule has 0 spiro atoms. The average Bonchev–Trinajstić information content (AvgIpc) is 2.85. The van der Waals surface area contributed by atoms with Crippen molar-refractivity contribution in [2.75, 3.05) is 31.5 Å². The average molecular weight is 478 g/mol. The number of methoxy groups -OCH3 is 2. The van der Waals surface area contributed by atoms with Gasteiger partial charge in [0.25, 0.3) is 0 Å². The first-order valence-electron chi connectivity index (χ1n) is 10.5. The zero-order chi connectivity index (χ0) is 23.9. The van der Waals surface area contributed by atoms with Crippen LogP contribution in [-0.4, -0.2) is 36.7 Å². The van der Waals surface area contributed by atoms with Crippen LogP contribution in [0.2, 0.25) is 5.02 Å². The Hall–Kier alpha value is -3.88. The summed E-state index contributed by atoms with van der Waals surface area (Å²) in [4.78, 5) is 21.0. The quantitative estimate of drug-likeness (QED) is 0.310. The van der Waals surface area contributed by atoms with Crippen molar-refractivity contribution >= 4 is 51.6 Å². The highest BCUT2D eigenvalue weighted by atomic mass is 35.5. The zero-order valence-corrected chi connectivity index (χ0v) is 19.5. The van der Waals surface area contributed by atoms with Crippen LogP contribution in [0.3, 0.4) is 0 Å². The highest BCUT2D eigenvalue weighted by Gasteiger charge is 2.12. The maximum atomic E-state index is 11.6. The summed E-state index contributed by atoms with van der Waals surface area (Å²) in [6, 6.07) is 20.7. The molecule has 4 aromatic rings. The predicted molar refractivity (Wildman–Crippen MR) is 134 cm³/mol. The first-order valence-corrected chi connectivity index (χ1v) is 10.9. The Morgan fingerprint density at radius 3 is 2.32 bits per heavy atom. The third-order valence-corrected chi connectivity index (χ3v) is 5.24. The van der Waals surface area contributed by atoms with Gasteiger partial charge in [-0.25, -0.2) is 4.98 Å². The molecule has 0 radical (unpaired) electrons. The summed E-state index contributed by atoms with van der Waals surface area (Å²) in [5.74, 6) is 1.52. The molecule has 9 heteroatoms. The van der Waals surface area contributed by atoms with Crippen LogP contribution >= 0.6 is 11.6 Å². The minimum atomic E-state index is -0.163. The van der Waals surface area contributed by atoms with Gasteiger partial charge in [-0.3, -0.25) is 4.79 Å². The molecule has 0 bridgehead atoms. The summed E-state index contributed by atoms with van der Waals surface area (Å²) >= 11 is 6.02. The van der Waals surface area contributed by atoms with Crippen molar-refractivity contribution in [1.82, 2.24) is 15.3 Å². The number of anilines is 4. The second kappa shape index (κ2) is 10.8. The van der Waals surface area contributed by atoms with Gasteiger partial charge in [0.1, 0.15) is 23.7 Å². The SMILES string of the molecule is COCC(=O)NCc1ccc(Nc2nc(Nc3ccc(Cl)cc3)c3cccc(OC)c3n2)cc1. The molecule has 0 unspecified atom stereocenters. The summed E-state index contributed by atoms with van der Waals surface area (Å²) < 4.78 is 10.3. The fourth-order valence-corrected chi connectivity index (χ4v) is 3.46. The largest absolute Gasteiger partial charge is 0.494 e. The third-order valence-electron chi connectivity index (χ3n) is 4.99. The van der Waals surface area contributed by atoms with Crippen LogP contribution in [0.4, 0.5) is 23.1 Å². The van der Waals surface area contributed by atoms with Gasteiger partial charge >= 0.3 is 0 Å². The molecule has 1 amide bonds. The molecule has 0 aliphatic heterocycles. The summed E-state index contributed by atoms with van der Waals surface area (Å²) in [7, 11) is 3.10. The van der Waals surface area contributed by atoms with E-state index in [1.165, 1.54) is 7.11 Å². The molecule has 0 fully saturated rings. The number of halogens is 1. The van der Waals surface area contributed by atoms with Gasteiger partial charge in [0.2, 0.25) is 11.9 Å². The second-order valence-corrected chi connectivity index (χ2v) is 7.85. The summed E-state index contributed by atoms with van der Waals surface area (Å²) in [6.07, 6.45) is 0. The number of benzene rings is 3. The van der Waals surface area contributed by atoms with Crippen molar-refractivity contribution in [2.24, 2.45) is 0 Å². The number of ether oxygens (including phenoxy) is 2. The summed E-state index contributed by atoms with van der Waals surface area (Å²) in [5, 5.41) is 10.9. The van der Waals surface area contributed by atoms with E-state index >= 15 is 0 Å². The van der Waals surface area contributed by atoms with E-state index in [-0.39, 0.29) is 12.5 Å². The van der Waals surface area contributed by atoms with Gasteiger partial charge in [-0.1, -0.05) is 29.8 Å². The van der Waals surface area contributed by atoms with E-state index < -0.39 is 0 Å². The van der Waals surface area contributed by atoms with E-state index in [9.17, 15) is 4.79 Å². The summed E-state index contributed by atoms with van der Waals surface area (Å²) in [5.41, 5.74) is 3.29. The number of rotatable bonds is 9. The van der Waals surface area contributed by atoms with Gasteiger partial charge in [0.05, 0.1) is 7.11 Å². The lowest BCUT2D eigenvalue weighted by atomic mass is 10.2. The molecule has 8 nitrogen and oxygen atoms in total. The molecule has 4 rings (SSSR count). The molecule has 0 aliphatic carbocycles. The Bertz CT molecular complexity index is 1280. The van der Waals surface area contributed by atoms with E-state index in [4.69, 9.17) is 26.1 Å². The molecule has 174 valence electrons. The normalized spacial score (nSPS) is 10.7. The number of fused-ring (bicyclic) bond motifs is 1. The Balaban J connectivity index is 1.59. The lowest BCUT2D eigenvalue weighted by Gasteiger charge is -2.14. The van der Waals surface area contributed by atoms with Crippen molar-refractivity contribution in [3.63, 3.8) is 0 Å². The molecule has 1 heterocycles. The highest BCUT2D eigenvalue weighted by molar-refractivity contribution is 6.30. The van der Waals surface area contributed by atoms with Crippen molar-refractivity contribution in [1.29, 1.82) is 0 Å². The number of hydrogen-bond acceptors (Lipinski definition) is 7. The molecule has 0 saturated heterocycles. The highest BCUT2D eigenvalue weighted by Crippen LogP contribution is 2.32. The minimum Gasteiger partial charge on any atom is -0.494 e. The van der Waals surface area contributed by atoms with Crippen molar-refractivity contribution in [2.45, 2.75) is 6.54 Å². The Morgan fingerprint density at radius 2 is 1.62 bits per heavy atom. The van der Waals surface area contributed by atoms with Crippen LogP contribution < -0.4 is 20.7 Å². The maximum Gasteiger partial charge on any atom is 0.246 e. The number of nitrogens with one attached hydrogen (secondary N) is 3. The smallest absolute Gasteiger partial charge is 0.246 e. The molecule has 1 aromatic heterocycles. The molecule has 0 saturated carbocycles. The fraction of sp³-hybridized carbons (Fsp3) is 0.160. The minimum absolute atomic E-state index is 0.0365. The number of hydrogen-bond donors (Lipinski definition) is 3. The van der Waals surface area contributed by atoms with Crippen LogP contribution in [0.1, 0.15) is 5.56 Å². The number of nitrogens with zero attached hydrogens (tertiary/aromatic N) is 2. The Kier molecular flexibility index (Phi) is 7.41. The molecule has 0 aliphatic rings. The van der Waals surface area contributed by atoms with Crippen LogP contribution in [0, 0.1) is 0 Å². The number of aromatic nitrogens is 2. The lowest BCUT2D eigenvalue weighted by molar-refractivity contribution is -0.124. The van der Waals surface area contributed by atoms with Gasteiger partial charge in [-0.2, -0.15) is 4.98 Å². The molecule has 34 heavy (non-hydrogen) atoms. The van der Waals surface area contributed by atoms with Crippen molar-refractivity contribution < 1.29 is 14.3 Å². The lowest BCUT2D eigenvalue weighted by Crippen LogP contribution is -2.26. The third kappa shape index (κ3) is 5.72. The molecular weight excluding hydrogens is 454 g/mol. The molecule has 3 aromatic carbocycles. The van der Waals surface area contributed by atoms with E-state index in [0.29, 0.717) is 34.6 Å². The van der Waals surface area contributed by atoms with E-state index in [2.05, 4.69) is 20.9 Å². The topological polar surface area (TPSA) is 97.4 Å². The summed E-state index contributed by atoms with van der Waals surface area (Å²) in [6.45, 7) is 0.454. The zero-order valence-electron chi connectivity index (χ0n) is 18.8. The van der Waals surface area contributed by atoms with Crippen LogP contribution in [0.25, 0.3) is 10.9 Å². The first-order chi connectivity index (χ1) is 16.6. The number of carbonyl (C=O) groups is 1. The molecule has 0 atom stereocenters. The van der Waals surface area contributed by atoms with Crippen molar-refractivity contribution in [3.05, 3.63) is 77.3 Å². The van der Waals surface area contributed by atoms with E-state index in [1.54, 1.807) is 7.11 Å². The predicted octanol–water partition coefficient (Wildman–Crippen LogP) is 5.04. The number of carbonyl (C=O) groups excluding carboxylic acids is 1. The Labute approximate surface area is 202 Å². The number of amides is 1. The van der Waals surface area contributed by atoms with Crippen molar-refractivity contribution in [3.8, 4) is 5.75 Å². The molecule has 3 N–H and O–H groups in total. The Morgan fingerprint density at radius 1 is 0.912 bits per heavy atom. The van der Waals surface area contributed by atoms with Crippen LogP contribution in [0.15, 0.2) is 66.7 Å². The second-order valence-electron chi connectivity index (χ2n) is 7.42. The standard InChI is InChI=1S/C25H24ClN5O3/c1-33-15-22(32)27-14-16-6-10-19(11-7-16)29-25-30-23-20(4-3-5-21(23)34-2)24(31-25)28-18-12-8-17(26)9-13-18/h3-13H,14-15H2,1-2H3,(H,27,32)(H2,28,29,30,31). The van der Waals surface area contributed by atoms with Gasteiger partial charge in [-0.05, 0) is 54.1 Å². The van der Waals surface area contributed by atoms with Gasteiger partial charge in [0.15, 0.2) is 0 Å².